The zero-order valence-electron chi connectivity index (χ0n) is 11.3. The Labute approximate surface area is 116 Å². The molecule has 0 radical (unpaired) electrons. The normalized spacial score (nSPS) is 10.1. The Bertz CT molecular complexity index is 613. The van der Waals surface area contributed by atoms with Gasteiger partial charge in [-0.25, -0.2) is 4.79 Å². The second-order valence-electron chi connectivity index (χ2n) is 4.21. The van der Waals surface area contributed by atoms with Gasteiger partial charge in [-0.15, -0.1) is 0 Å². The van der Waals surface area contributed by atoms with Gasteiger partial charge in [-0.2, -0.15) is 0 Å². The third-order valence-corrected chi connectivity index (χ3v) is 2.60. The van der Waals surface area contributed by atoms with E-state index in [1.807, 2.05) is 6.92 Å². The Morgan fingerprint density at radius 2 is 1.85 bits per heavy atom. The molecule has 0 spiro atoms. The lowest BCUT2D eigenvalue weighted by Crippen LogP contribution is -2.08. The molecule has 20 heavy (non-hydrogen) atoms. The van der Waals surface area contributed by atoms with Crippen LogP contribution in [-0.4, -0.2) is 11.9 Å². The highest BCUT2D eigenvalue weighted by atomic mass is 16.5. The number of anilines is 1. The second-order valence-corrected chi connectivity index (χ2v) is 4.21. The van der Waals surface area contributed by atoms with Crippen molar-refractivity contribution in [2.45, 2.75) is 20.3 Å². The molecule has 1 heterocycles. The van der Waals surface area contributed by atoms with Crippen molar-refractivity contribution in [2.75, 3.05) is 5.32 Å². The van der Waals surface area contributed by atoms with Crippen molar-refractivity contribution in [3.05, 3.63) is 47.9 Å². The molecule has 0 saturated carbocycles. The first-order valence-corrected chi connectivity index (χ1v) is 6.27. The third kappa shape index (κ3) is 3.47. The molecule has 0 aliphatic heterocycles. The molecule has 5 nitrogen and oxygen atoms in total. The maximum atomic E-state index is 11.8. The van der Waals surface area contributed by atoms with E-state index in [9.17, 15) is 9.59 Å². The Morgan fingerprint density at radius 3 is 2.40 bits per heavy atom. The van der Waals surface area contributed by atoms with Crippen LogP contribution in [0.1, 0.15) is 30.2 Å². The maximum Gasteiger partial charge on any atom is 0.379 e. The molecule has 0 atom stereocenters. The van der Waals surface area contributed by atoms with E-state index in [0.717, 1.165) is 12.2 Å². The number of hydrogen-bond donors (Lipinski definition) is 1. The van der Waals surface area contributed by atoms with Crippen LogP contribution in [0.2, 0.25) is 0 Å². The number of hydrogen-bond acceptors (Lipinski definition) is 4. The molecular formula is C15H15NO4. The van der Waals surface area contributed by atoms with E-state index in [4.69, 9.17) is 9.15 Å². The van der Waals surface area contributed by atoms with Crippen LogP contribution >= 0.6 is 0 Å². The first-order chi connectivity index (χ1) is 9.58. The van der Waals surface area contributed by atoms with Gasteiger partial charge in [-0.1, -0.05) is 6.92 Å². The number of ether oxygens (including phenoxy) is 1. The first kappa shape index (κ1) is 13.9. The van der Waals surface area contributed by atoms with Crippen LogP contribution in [0.5, 0.6) is 5.75 Å². The van der Waals surface area contributed by atoms with Gasteiger partial charge in [-0.3, -0.25) is 4.79 Å². The van der Waals surface area contributed by atoms with E-state index < -0.39 is 5.97 Å². The average Bonchev–Trinajstić information content (AvgIpc) is 2.89. The number of benzene rings is 1. The average molecular weight is 273 g/mol. The zero-order chi connectivity index (χ0) is 14.5. The fourth-order valence-electron chi connectivity index (χ4n) is 1.64. The van der Waals surface area contributed by atoms with Crippen molar-refractivity contribution < 1.29 is 18.7 Å². The number of nitrogens with one attached hydrogen (secondary N) is 1. The van der Waals surface area contributed by atoms with Gasteiger partial charge < -0.3 is 14.5 Å². The van der Waals surface area contributed by atoms with E-state index in [1.54, 1.807) is 36.4 Å². The summed E-state index contributed by atoms with van der Waals surface area (Å²) in [7, 11) is 0. The van der Waals surface area contributed by atoms with Gasteiger partial charge in [0.25, 0.3) is 0 Å². The molecule has 0 aliphatic rings. The summed E-state index contributed by atoms with van der Waals surface area (Å²) in [4.78, 5) is 22.7. The van der Waals surface area contributed by atoms with Gasteiger partial charge in [0.1, 0.15) is 11.5 Å². The minimum atomic E-state index is -0.544. The minimum absolute atomic E-state index is 0.155. The molecule has 0 bridgehead atoms. The fourth-order valence-corrected chi connectivity index (χ4v) is 1.64. The summed E-state index contributed by atoms with van der Waals surface area (Å²) >= 11 is 0. The van der Waals surface area contributed by atoms with Crippen molar-refractivity contribution in [1.82, 2.24) is 0 Å². The highest BCUT2D eigenvalue weighted by molar-refractivity contribution is 5.89. The summed E-state index contributed by atoms with van der Waals surface area (Å²) in [6.07, 6.45) is 0.721. The van der Waals surface area contributed by atoms with Crippen molar-refractivity contribution in [3.8, 4) is 5.75 Å². The largest absolute Gasteiger partial charge is 0.454 e. The molecule has 1 aromatic carbocycles. The lowest BCUT2D eigenvalue weighted by atomic mass is 10.3. The van der Waals surface area contributed by atoms with Crippen molar-refractivity contribution in [1.29, 1.82) is 0 Å². The van der Waals surface area contributed by atoms with E-state index in [1.165, 1.54) is 6.92 Å². The van der Waals surface area contributed by atoms with Gasteiger partial charge in [0.05, 0.1) is 0 Å². The first-order valence-electron chi connectivity index (χ1n) is 6.27. The van der Waals surface area contributed by atoms with Crippen LogP contribution in [-0.2, 0) is 11.2 Å². The van der Waals surface area contributed by atoms with Crippen LogP contribution in [0.25, 0.3) is 0 Å². The summed E-state index contributed by atoms with van der Waals surface area (Å²) in [5.41, 5.74) is 0.642. The van der Waals surface area contributed by atoms with E-state index in [-0.39, 0.29) is 11.7 Å². The highest BCUT2D eigenvalue weighted by Gasteiger charge is 2.13. The topological polar surface area (TPSA) is 68.5 Å². The summed E-state index contributed by atoms with van der Waals surface area (Å²) < 4.78 is 10.5. The van der Waals surface area contributed by atoms with Gasteiger partial charge in [-0.05, 0) is 36.4 Å². The quantitative estimate of drug-likeness (QED) is 0.686. The van der Waals surface area contributed by atoms with E-state index in [0.29, 0.717) is 11.4 Å². The number of furan rings is 1. The van der Waals surface area contributed by atoms with Gasteiger partial charge >= 0.3 is 5.97 Å². The molecule has 2 rings (SSSR count). The van der Waals surface area contributed by atoms with Crippen molar-refractivity contribution in [2.24, 2.45) is 0 Å². The Balaban J connectivity index is 2.02. The molecule has 0 unspecified atom stereocenters. The zero-order valence-corrected chi connectivity index (χ0v) is 11.3. The minimum Gasteiger partial charge on any atom is -0.454 e. The van der Waals surface area contributed by atoms with Crippen molar-refractivity contribution in [3.63, 3.8) is 0 Å². The number of esters is 1. The molecule has 1 aromatic heterocycles. The molecule has 0 aliphatic carbocycles. The van der Waals surface area contributed by atoms with E-state index in [2.05, 4.69) is 5.32 Å². The predicted octanol–water partition coefficient (Wildman–Crippen LogP) is 3.02. The lowest BCUT2D eigenvalue weighted by molar-refractivity contribution is -0.114. The monoisotopic (exact) mass is 273 g/mol. The summed E-state index contributed by atoms with van der Waals surface area (Å²) in [5.74, 6) is 0.596. The molecule has 1 N–H and O–H groups in total. The van der Waals surface area contributed by atoms with Gasteiger partial charge in [0.2, 0.25) is 11.7 Å². The lowest BCUT2D eigenvalue weighted by Gasteiger charge is -2.04. The van der Waals surface area contributed by atoms with Crippen LogP contribution in [0.15, 0.2) is 40.8 Å². The molecule has 1 amide bonds. The number of carbonyl (C=O) groups is 2. The number of aryl methyl sites for hydroxylation is 1. The smallest absolute Gasteiger partial charge is 0.379 e. The standard InChI is InChI=1S/C15H15NO4/c1-3-12-8-9-14(19-12)15(18)20-13-6-4-11(5-7-13)16-10(2)17/h4-9H,3H2,1-2H3,(H,16,17). The molecule has 5 heteroatoms. The molecule has 0 fully saturated rings. The third-order valence-electron chi connectivity index (χ3n) is 2.60. The van der Waals surface area contributed by atoms with Crippen LogP contribution in [0, 0.1) is 0 Å². The maximum absolute atomic E-state index is 11.8. The molecule has 0 saturated heterocycles. The molecule has 104 valence electrons. The summed E-state index contributed by atoms with van der Waals surface area (Å²) in [6.45, 7) is 3.37. The van der Waals surface area contributed by atoms with Crippen molar-refractivity contribution >= 4 is 17.6 Å². The predicted molar refractivity (Wildman–Crippen MR) is 73.8 cm³/mol. The fraction of sp³-hybridized carbons (Fsp3) is 0.200. The Morgan fingerprint density at radius 1 is 1.15 bits per heavy atom. The Kier molecular flexibility index (Phi) is 4.20. The summed E-state index contributed by atoms with van der Waals surface area (Å²) in [6, 6.07) is 9.86. The highest BCUT2D eigenvalue weighted by Crippen LogP contribution is 2.18. The second kappa shape index (κ2) is 6.06. The number of amides is 1. The summed E-state index contributed by atoms with van der Waals surface area (Å²) in [5, 5.41) is 2.63. The van der Waals surface area contributed by atoms with Crippen LogP contribution < -0.4 is 10.1 Å². The molecule has 2 aromatic rings. The number of rotatable bonds is 4. The Hall–Kier alpha value is -2.56. The van der Waals surface area contributed by atoms with Crippen LogP contribution in [0.4, 0.5) is 5.69 Å². The number of carbonyl (C=O) groups excluding carboxylic acids is 2. The van der Waals surface area contributed by atoms with Gasteiger partial charge in [0, 0.05) is 19.0 Å². The van der Waals surface area contributed by atoms with Crippen LogP contribution in [0.3, 0.4) is 0 Å². The van der Waals surface area contributed by atoms with Gasteiger partial charge in [0.15, 0.2) is 0 Å². The SMILES string of the molecule is CCc1ccc(C(=O)Oc2ccc(NC(C)=O)cc2)o1. The van der Waals surface area contributed by atoms with E-state index >= 15 is 0 Å². The molecular weight excluding hydrogens is 258 g/mol.